The Hall–Kier alpha value is -1.96. The smallest absolute Gasteiger partial charge is 0.266 e. The molecule has 1 aromatic carbocycles. The van der Waals surface area contributed by atoms with Crippen molar-refractivity contribution in [1.29, 1.82) is 0 Å². The van der Waals surface area contributed by atoms with Crippen LogP contribution in [0.1, 0.15) is 12.0 Å². The van der Waals surface area contributed by atoms with Crippen molar-refractivity contribution in [2.45, 2.75) is 6.42 Å². The summed E-state index contributed by atoms with van der Waals surface area (Å²) in [5.74, 6) is -0.0287. The topological polar surface area (TPSA) is 43.9 Å². The van der Waals surface area contributed by atoms with Crippen LogP contribution in [0, 0.1) is 0 Å². The molecule has 7 heteroatoms. The number of piperazine rings is 1. The molecule has 0 atom stereocenters. The van der Waals surface area contributed by atoms with Crippen molar-refractivity contribution in [2.75, 3.05) is 39.8 Å². The van der Waals surface area contributed by atoms with Gasteiger partial charge in [0.05, 0.1) is 4.91 Å². The van der Waals surface area contributed by atoms with E-state index in [9.17, 15) is 9.59 Å². The summed E-state index contributed by atoms with van der Waals surface area (Å²) in [5.41, 5.74) is 1.07. The number of thiocarbonyl (C=S) groups is 1. The Balaban J connectivity index is 1.54. The fourth-order valence-corrected chi connectivity index (χ4v) is 4.20. The molecule has 3 rings (SSSR count). The molecule has 2 fully saturated rings. The second kappa shape index (κ2) is 9.30. The minimum absolute atomic E-state index is 0.0881. The number of nitrogens with zero attached hydrogens (tertiary/aromatic N) is 3. The number of carbonyl (C=O) groups excluding carboxylic acids is 2. The van der Waals surface area contributed by atoms with Crippen molar-refractivity contribution in [3.05, 3.63) is 53.0 Å². The molecule has 142 valence electrons. The average molecular weight is 402 g/mol. The van der Waals surface area contributed by atoms with Crippen LogP contribution in [0.4, 0.5) is 0 Å². The fraction of sp³-hybridized carbons (Fsp3) is 0.350. The number of amides is 2. The molecule has 2 aliphatic rings. The number of hydrogen-bond acceptors (Lipinski definition) is 5. The number of hydrogen-bond donors (Lipinski definition) is 0. The van der Waals surface area contributed by atoms with Gasteiger partial charge in [-0.25, -0.2) is 0 Å². The summed E-state index contributed by atoms with van der Waals surface area (Å²) in [7, 11) is 2.06. The number of carbonyl (C=O) groups is 2. The van der Waals surface area contributed by atoms with Gasteiger partial charge >= 0.3 is 0 Å². The summed E-state index contributed by atoms with van der Waals surface area (Å²) in [4.78, 5) is 31.2. The lowest BCUT2D eigenvalue weighted by molar-refractivity contribution is -0.133. The monoisotopic (exact) mass is 401 g/mol. The van der Waals surface area contributed by atoms with Crippen molar-refractivity contribution in [3.63, 3.8) is 0 Å². The van der Waals surface area contributed by atoms with Gasteiger partial charge in [-0.1, -0.05) is 66.5 Å². The minimum Gasteiger partial charge on any atom is -0.340 e. The van der Waals surface area contributed by atoms with Gasteiger partial charge in [0.2, 0.25) is 5.91 Å². The van der Waals surface area contributed by atoms with Crippen LogP contribution in [-0.4, -0.2) is 70.6 Å². The average Bonchev–Trinajstić information content (AvgIpc) is 2.94. The first-order valence-corrected chi connectivity index (χ1v) is 10.2. The molecule has 5 nitrogen and oxygen atoms in total. The van der Waals surface area contributed by atoms with Gasteiger partial charge in [-0.3, -0.25) is 14.5 Å². The highest BCUT2D eigenvalue weighted by Gasteiger charge is 2.32. The van der Waals surface area contributed by atoms with E-state index >= 15 is 0 Å². The lowest BCUT2D eigenvalue weighted by Crippen LogP contribution is -2.47. The minimum atomic E-state index is -0.117. The van der Waals surface area contributed by atoms with Crippen LogP contribution in [-0.2, 0) is 9.59 Å². The largest absolute Gasteiger partial charge is 0.340 e. The highest BCUT2D eigenvalue weighted by molar-refractivity contribution is 8.26. The molecule has 0 radical (unpaired) electrons. The third-order valence-corrected chi connectivity index (χ3v) is 6.01. The van der Waals surface area contributed by atoms with Gasteiger partial charge in [-0.15, -0.1) is 0 Å². The van der Waals surface area contributed by atoms with Gasteiger partial charge in [0.25, 0.3) is 5.91 Å². The van der Waals surface area contributed by atoms with Crippen LogP contribution >= 0.6 is 24.0 Å². The van der Waals surface area contributed by atoms with Gasteiger partial charge in [-0.05, 0) is 18.7 Å². The van der Waals surface area contributed by atoms with E-state index in [1.807, 2.05) is 47.4 Å². The van der Waals surface area contributed by atoms with Gasteiger partial charge in [0.15, 0.2) is 0 Å². The standard InChI is InChI=1S/C20H23N3O2S2/c1-21-12-14-22(15-13-21)18(24)10-11-23-19(25)17(27-20(23)26)9-5-8-16-6-3-2-4-7-16/h2-9H,10-15H2,1H3/b8-5+,17-9-. The first kappa shape index (κ1) is 19.8. The molecule has 0 spiro atoms. The highest BCUT2D eigenvalue weighted by Crippen LogP contribution is 2.31. The second-order valence-electron chi connectivity index (χ2n) is 6.56. The maximum Gasteiger partial charge on any atom is 0.266 e. The van der Waals surface area contributed by atoms with E-state index < -0.39 is 0 Å². The zero-order valence-corrected chi connectivity index (χ0v) is 17.0. The van der Waals surface area contributed by atoms with Gasteiger partial charge < -0.3 is 9.80 Å². The van der Waals surface area contributed by atoms with Crippen LogP contribution < -0.4 is 0 Å². The van der Waals surface area contributed by atoms with Crippen LogP contribution in [0.15, 0.2) is 47.4 Å². The van der Waals surface area contributed by atoms with Crippen molar-refractivity contribution in [3.8, 4) is 0 Å². The first-order chi connectivity index (χ1) is 13.0. The zero-order chi connectivity index (χ0) is 19.2. The maximum absolute atomic E-state index is 12.6. The number of rotatable bonds is 5. The molecule has 0 aromatic heterocycles. The highest BCUT2D eigenvalue weighted by atomic mass is 32.2. The molecule has 2 heterocycles. The predicted octanol–water partition coefficient (Wildman–Crippen LogP) is 2.61. The van der Waals surface area contributed by atoms with E-state index in [-0.39, 0.29) is 11.8 Å². The lowest BCUT2D eigenvalue weighted by atomic mass is 10.2. The lowest BCUT2D eigenvalue weighted by Gasteiger charge is -2.32. The Morgan fingerprint density at radius 3 is 2.59 bits per heavy atom. The van der Waals surface area contributed by atoms with E-state index in [0.717, 1.165) is 31.7 Å². The van der Waals surface area contributed by atoms with E-state index in [4.69, 9.17) is 12.2 Å². The van der Waals surface area contributed by atoms with Gasteiger partial charge in [-0.2, -0.15) is 0 Å². The molecule has 0 N–H and O–H groups in total. The van der Waals surface area contributed by atoms with Crippen molar-refractivity contribution in [1.82, 2.24) is 14.7 Å². The molecule has 2 saturated heterocycles. The molecule has 1 aromatic rings. The number of thioether (sulfide) groups is 1. The Morgan fingerprint density at radius 2 is 1.89 bits per heavy atom. The molecule has 2 amide bonds. The van der Waals surface area contributed by atoms with Crippen LogP contribution in [0.3, 0.4) is 0 Å². The van der Waals surface area contributed by atoms with Crippen LogP contribution in [0.5, 0.6) is 0 Å². The summed E-state index contributed by atoms with van der Waals surface area (Å²) in [6, 6.07) is 9.90. The second-order valence-corrected chi connectivity index (χ2v) is 8.24. The van der Waals surface area contributed by atoms with Gasteiger partial charge in [0, 0.05) is 39.1 Å². The Labute approximate surface area is 169 Å². The quantitative estimate of drug-likeness (QED) is 0.561. The molecule has 0 bridgehead atoms. The molecule has 0 unspecified atom stereocenters. The van der Waals surface area contributed by atoms with Crippen molar-refractivity contribution in [2.24, 2.45) is 0 Å². The fourth-order valence-electron chi connectivity index (χ4n) is 2.94. The Bertz CT molecular complexity index is 769. The molecule has 2 aliphatic heterocycles. The summed E-state index contributed by atoms with van der Waals surface area (Å²) in [5, 5.41) is 0. The van der Waals surface area contributed by atoms with Crippen LogP contribution in [0.25, 0.3) is 6.08 Å². The first-order valence-electron chi connectivity index (χ1n) is 8.98. The number of benzene rings is 1. The Morgan fingerprint density at radius 1 is 1.19 bits per heavy atom. The number of allylic oxidation sites excluding steroid dienone is 2. The van der Waals surface area contributed by atoms with E-state index in [0.29, 0.717) is 22.2 Å². The van der Waals surface area contributed by atoms with Crippen LogP contribution in [0.2, 0.25) is 0 Å². The van der Waals surface area contributed by atoms with E-state index in [2.05, 4.69) is 11.9 Å². The van der Waals surface area contributed by atoms with E-state index in [1.165, 1.54) is 16.7 Å². The predicted molar refractivity (Wildman–Crippen MR) is 114 cm³/mol. The molecular formula is C20H23N3O2S2. The number of likely N-dealkylation sites (N-methyl/N-ethyl adjacent to an activating group) is 1. The summed E-state index contributed by atoms with van der Waals surface area (Å²) in [6.45, 7) is 3.62. The summed E-state index contributed by atoms with van der Waals surface area (Å²) >= 11 is 6.62. The van der Waals surface area contributed by atoms with E-state index in [1.54, 1.807) is 6.08 Å². The Kier molecular flexibility index (Phi) is 6.82. The molecular weight excluding hydrogens is 378 g/mol. The van der Waals surface area contributed by atoms with Gasteiger partial charge in [0.1, 0.15) is 4.32 Å². The summed E-state index contributed by atoms with van der Waals surface area (Å²) < 4.78 is 0.519. The SMILES string of the molecule is CN1CCN(C(=O)CCN2C(=O)/C(=C/C=C/c3ccccc3)SC2=S)CC1. The summed E-state index contributed by atoms with van der Waals surface area (Å²) in [6.07, 6.45) is 5.90. The zero-order valence-electron chi connectivity index (χ0n) is 15.3. The van der Waals surface area contributed by atoms with Crippen molar-refractivity contribution >= 4 is 46.2 Å². The molecule has 27 heavy (non-hydrogen) atoms. The normalized spacial score (nSPS) is 20.3. The third-order valence-electron chi connectivity index (χ3n) is 4.61. The van der Waals surface area contributed by atoms with Crippen molar-refractivity contribution < 1.29 is 9.59 Å². The maximum atomic E-state index is 12.6. The third kappa shape index (κ3) is 5.28. The molecule has 0 aliphatic carbocycles. The molecule has 0 saturated carbocycles.